The van der Waals surface area contributed by atoms with Gasteiger partial charge in [0.05, 0.1) is 11.4 Å². The second kappa shape index (κ2) is 7.53. The largest absolute Gasteiger partial charge is 0.293 e. The quantitative estimate of drug-likeness (QED) is 0.714. The second-order valence-electron chi connectivity index (χ2n) is 6.05. The Hall–Kier alpha value is -2.59. The number of carbonyl (C=O) groups excluding carboxylic acids is 2. The highest BCUT2D eigenvalue weighted by molar-refractivity contribution is 8.18. The van der Waals surface area contributed by atoms with Crippen LogP contribution in [0.2, 0.25) is 0 Å². The van der Waals surface area contributed by atoms with E-state index in [-0.39, 0.29) is 11.1 Å². The Morgan fingerprint density at radius 2 is 1.72 bits per heavy atom. The van der Waals surface area contributed by atoms with E-state index < -0.39 is 0 Å². The fourth-order valence-corrected chi connectivity index (χ4v) is 3.46. The summed E-state index contributed by atoms with van der Waals surface area (Å²) in [7, 11) is 0. The van der Waals surface area contributed by atoms with Crippen LogP contribution in [0.5, 0.6) is 0 Å². The molecule has 4 heteroatoms. The number of benzene rings is 2. The molecule has 3 rings (SSSR count). The lowest BCUT2D eigenvalue weighted by molar-refractivity contribution is -0.123. The van der Waals surface area contributed by atoms with Crippen molar-refractivity contribution < 1.29 is 9.59 Å². The van der Waals surface area contributed by atoms with E-state index in [1.165, 1.54) is 4.90 Å². The Labute approximate surface area is 152 Å². The molecule has 0 unspecified atom stereocenters. The van der Waals surface area contributed by atoms with Crippen molar-refractivity contribution in [2.24, 2.45) is 0 Å². The molecule has 0 spiro atoms. The van der Waals surface area contributed by atoms with Gasteiger partial charge < -0.3 is 0 Å². The number of thioether (sulfide) groups is 1. The first-order valence-electron chi connectivity index (χ1n) is 8.07. The molecule has 3 nitrogen and oxygen atoms in total. The van der Waals surface area contributed by atoms with Gasteiger partial charge >= 0.3 is 0 Å². The third-order valence-corrected chi connectivity index (χ3v) is 4.79. The van der Waals surface area contributed by atoms with E-state index in [2.05, 4.69) is 0 Å². The number of allylic oxidation sites excluding steroid dienone is 2. The smallest absolute Gasteiger partial charge is 0.268 e. The molecule has 1 saturated heterocycles. The number of hydrogen-bond donors (Lipinski definition) is 0. The summed E-state index contributed by atoms with van der Waals surface area (Å²) in [5.41, 5.74) is 4.10. The number of imide groups is 1. The van der Waals surface area contributed by atoms with Gasteiger partial charge in [0.2, 0.25) is 0 Å². The molecule has 1 aliphatic rings. The van der Waals surface area contributed by atoms with Crippen LogP contribution < -0.4 is 0 Å². The average molecular weight is 349 g/mol. The first-order valence-corrected chi connectivity index (χ1v) is 8.89. The molecule has 0 aromatic heterocycles. The van der Waals surface area contributed by atoms with Gasteiger partial charge in [-0.3, -0.25) is 14.5 Å². The molecule has 1 aliphatic heterocycles. The Kier molecular flexibility index (Phi) is 5.19. The first-order chi connectivity index (χ1) is 12.0. The van der Waals surface area contributed by atoms with Crippen molar-refractivity contribution >= 4 is 29.0 Å². The fourth-order valence-electron chi connectivity index (χ4n) is 2.57. The maximum absolute atomic E-state index is 12.6. The van der Waals surface area contributed by atoms with E-state index >= 15 is 0 Å². The highest BCUT2D eigenvalue weighted by atomic mass is 32.2. The van der Waals surface area contributed by atoms with Crippen LogP contribution in [-0.2, 0) is 11.3 Å². The van der Waals surface area contributed by atoms with Gasteiger partial charge in [-0.1, -0.05) is 66.2 Å². The summed E-state index contributed by atoms with van der Waals surface area (Å²) in [6, 6.07) is 17.8. The monoisotopic (exact) mass is 349 g/mol. The zero-order valence-corrected chi connectivity index (χ0v) is 15.0. The molecule has 0 radical (unpaired) electrons. The highest BCUT2D eigenvalue weighted by Crippen LogP contribution is 2.32. The van der Waals surface area contributed by atoms with Crippen LogP contribution in [0.1, 0.15) is 23.6 Å². The fraction of sp³-hybridized carbons (Fsp3) is 0.143. The van der Waals surface area contributed by atoms with Gasteiger partial charge in [-0.05, 0) is 48.4 Å². The summed E-state index contributed by atoms with van der Waals surface area (Å²) < 4.78 is 0. The minimum atomic E-state index is -0.226. The molecule has 2 aromatic carbocycles. The number of amides is 2. The van der Waals surface area contributed by atoms with Gasteiger partial charge in [-0.15, -0.1) is 0 Å². The van der Waals surface area contributed by atoms with E-state index in [4.69, 9.17) is 0 Å². The second-order valence-corrected chi connectivity index (χ2v) is 7.05. The summed E-state index contributed by atoms with van der Waals surface area (Å²) in [6.45, 7) is 4.25. The van der Waals surface area contributed by atoms with Crippen molar-refractivity contribution in [3.63, 3.8) is 0 Å². The molecule has 1 fully saturated rings. The number of nitrogens with zero attached hydrogens (tertiary/aromatic N) is 1. The molecular formula is C21H19NO2S. The summed E-state index contributed by atoms with van der Waals surface area (Å²) in [6.07, 6.45) is 3.78. The van der Waals surface area contributed by atoms with Crippen LogP contribution in [0, 0.1) is 6.92 Å². The van der Waals surface area contributed by atoms with Gasteiger partial charge in [0.15, 0.2) is 0 Å². The number of aryl methyl sites for hydroxylation is 1. The minimum absolute atomic E-state index is 0.218. The first kappa shape index (κ1) is 17.2. The van der Waals surface area contributed by atoms with Crippen LogP contribution in [0.3, 0.4) is 0 Å². The lowest BCUT2D eigenvalue weighted by atomic mass is 10.1. The van der Waals surface area contributed by atoms with Crippen molar-refractivity contribution in [2.45, 2.75) is 20.4 Å². The number of hydrogen-bond acceptors (Lipinski definition) is 3. The van der Waals surface area contributed by atoms with E-state index in [0.29, 0.717) is 11.4 Å². The Morgan fingerprint density at radius 1 is 1.04 bits per heavy atom. The van der Waals surface area contributed by atoms with Gasteiger partial charge in [0, 0.05) is 0 Å². The van der Waals surface area contributed by atoms with Crippen molar-refractivity contribution in [3.05, 3.63) is 87.8 Å². The molecule has 0 N–H and O–H groups in total. The Bertz CT molecular complexity index is 851. The summed E-state index contributed by atoms with van der Waals surface area (Å²) >= 11 is 1.00. The molecule has 0 atom stereocenters. The molecule has 1 heterocycles. The molecule has 2 amide bonds. The normalized spacial score (nSPS) is 16.8. The summed E-state index contributed by atoms with van der Waals surface area (Å²) in [4.78, 5) is 26.6. The van der Waals surface area contributed by atoms with E-state index in [1.807, 2.05) is 74.5 Å². The number of rotatable bonds is 4. The van der Waals surface area contributed by atoms with Crippen molar-refractivity contribution in [2.75, 3.05) is 0 Å². The van der Waals surface area contributed by atoms with Crippen LogP contribution in [0.25, 0.3) is 6.08 Å². The summed E-state index contributed by atoms with van der Waals surface area (Å²) in [5, 5.41) is -0.218. The Morgan fingerprint density at radius 3 is 2.40 bits per heavy atom. The zero-order chi connectivity index (χ0) is 17.8. The predicted octanol–water partition coefficient (Wildman–Crippen LogP) is 5.18. The zero-order valence-electron chi connectivity index (χ0n) is 14.2. The third kappa shape index (κ3) is 4.28. The van der Waals surface area contributed by atoms with Crippen LogP contribution in [0.4, 0.5) is 4.79 Å². The third-order valence-electron chi connectivity index (χ3n) is 3.89. The standard InChI is InChI=1S/C21H19NO2S/c1-15-8-10-18(11-9-15)14-22-20(23)19(25-21(22)24)13-16(2)12-17-6-4-3-5-7-17/h3-13H,14H2,1-2H3/b16-12+,19-13-. The Balaban J connectivity index is 1.76. The molecule has 2 aromatic rings. The predicted molar refractivity (Wildman–Crippen MR) is 103 cm³/mol. The van der Waals surface area contributed by atoms with E-state index in [9.17, 15) is 9.59 Å². The van der Waals surface area contributed by atoms with Crippen molar-refractivity contribution in [1.29, 1.82) is 0 Å². The lowest BCUT2D eigenvalue weighted by Crippen LogP contribution is -2.27. The van der Waals surface area contributed by atoms with E-state index in [0.717, 1.165) is 34.0 Å². The van der Waals surface area contributed by atoms with Gasteiger partial charge in [0.1, 0.15) is 0 Å². The number of carbonyl (C=O) groups is 2. The molecule has 25 heavy (non-hydrogen) atoms. The van der Waals surface area contributed by atoms with Gasteiger partial charge in [-0.25, -0.2) is 0 Å². The van der Waals surface area contributed by atoms with Gasteiger partial charge in [-0.2, -0.15) is 0 Å². The molecule has 0 bridgehead atoms. The van der Waals surface area contributed by atoms with Crippen LogP contribution >= 0.6 is 11.8 Å². The highest BCUT2D eigenvalue weighted by Gasteiger charge is 2.34. The topological polar surface area (TPSA) is 37.4 Å². The maximum Gasteiger partial charge on any atom is 0.293 e. The lowest BCUT2D eigenvalue weighted by Gasteiger charge is -2.12. The SMILES string of the molecule is CC(/C=C1\SC(=O)N(Cc2ccc(C)cc2)C1=O)=C\c1ccccc1. The minimum Gasteiger partial charge on any atom is -0.268 e. The molecular weight excluding hydrogens is 330 g/mol. The molecule has 0 aliphatic carbocycles. The van der Waals surface area contributed by atoms with Gasteiger partial charge in [0.25, 0.3) is 11.1 Å². The molecule has 0 saturated carbocycles. The van der Waals surface area contributed by atoms with Crippen LogP contribution in [0.15, 0.2) is 71.2 Å². The summed E-state index contributed by atoms with van der Waals surface area (Å²) in [5.74, 6) is -0.226. The molecule has 126 valence electrons. The van der Waals surface area contributed by atoms with Crippen molar-refractivity contribution in [1.82, 2.24) is 4.90 Å². The maximum atomic E-state index is 12.6. The van der Waals surface area contributed by atoms with Crippen molar-refractivity contribution in [3.8, 4) is 0 Å². The average Bonchev–Trinajstić information content (AvgIpc) is 2.85. The van der Waals surface area contributed by atoms with Crippen LogP contribution in [-0.4, -0.2) is 16.0 Å². The van der Waals surface area contributed by atoms with E-state index in [1.54, 1.807) is 6.08 Å².